The first-order valence-electron chi connectivity index (χ1n) is 7.79. The van der Waals surface area contributed by atoms with Crippen LogP contribution in [0.25, 0.3) is 10.9 Å². The molecule has 1 fully saturated rings. The molecule has 1 aromatic heterocycles. The molecule has 24 heavy (non-hydrogen) atoms. The lowest BCUT2D eigenvalue weighted by molar-refractivity contribution is -0.130. The molecule has 1 atom stereocenters. The summed E-state index contributed by atoms with van der Waals surface area (Å²) in [4.78, 5) is 27.0. The molecule has 0 bridgehead atoms. The molecule has 2 heterocycles. The van der Waals surface area contributed by atoms with Crippen LogP contribution in [0.1, 0.15) is 18.4 Å². The van der Waals surface area contributed by atoms with Gasteiger partial charge in [-0.1, -0.05) is 0 Å². The monoisotopic (exact) mass is 332 g/mol. The number of pyridine rings is 1. The first kappa shape index (κ1) is 16.3. The second kappa shape index (κ2) is 6.92. The van der Waals surface area contributed by atoms with Gasteiger partial charge in [-0.2, -0.15) is 0 Å². The van der Waals surface area contributed by atoms with Crippen molar-refractivity contribution in [1.82, 2.24) is 10.3 Å². The molecule has 7 heteroatoms. The number of nitrogens with one attached hydrogen (secondary N) is 2. The second-order valence-electron chi connectivity index (χ2n) is 5.64. The molecule has 0 aliphatic carbocycles. The number of carbonyl (C=O) groups excluding carboxylic acids is 1. The van der Waals surface area contributed by atoms with Crippen LogP contribution in [0, 0.1) is 0 Å². The summed E-state index contributed by atoms with van der Waals surface area (Å²) in [6.07, 6.45) is 1.20. The van der Waals surface area contributed by atoms with Crippen LogP contribution >= 0.6 is 0 Å². The largest absolute Gasteiger partial charge is 0.493 e. The van der Waals surface area contributed by atoms with Gasteiger partial charge in [0.2, 0.25) is 5.91 Å². The zero-order chi connectivity index (χ0) is 17.1. The maximum atomic E-state index is 12.2. The first-order valence-corrected chi connectivity index (χ1v) is 7.79. The van der Waals surface area contributed by atoms with Gasteiger partial charge >= 0.3 is 0 Å². The SMILES string of the molecule is COc1cc2cc(CNC(=O)C3CCCO3)c(=O)[nH]c2cc1OC. The highest BCUT2D eigenvalue weighted by Crippen LogP contribution is 2.31. The van der Waals surface area contributed by atoms with E-state index in [1.165, 1.54) is 7.11 Å². The fourth-order valence-corrected chi connectivity index (χ4v) is 2.79. The summed E-state index contributed by atoms with van der Waals surface area (Å²) < 4.78 is 15.8. The van der Waals surface area contributed by atoms with Crippen molar-refractivity contribution in [3.63, 3.8) is 0 Å². The van der Waals surface area contributed by atoms with Gasteiger partial charge in [-0.15, -0.1) is 0 Å². The van der Waals surface area contributed by atoms with E-state index in [1.54, 1.807) is 25.3 Å². The minimum Gasteiger partial charge on any atom is -0.493 e. The molecule has 3 rings (SSSR count). The predicted octanol–water partition coefficient (Wildman–Crippen LogP) is 1.34. The maximum Gasteiger partial charge on any atom is 0.253 e. The van der Waals surface area contributed by atoms with Gasteiger partial charge in [-0.25, -0.2) is 0 Å². The van der Waals surface area contributed by atoms with Crippen molar-refractivity contribution in [1.29, 1.82) is 0 Å². The Hall–Kier alpha value is -2.54. The Kier molecular flexibility index (Phi) is 4.71. The van der Waals surface area contributed by atoms with Crippen LogP contribution in [0.15, 0.2) is 23.0 Å². The summed E-state index contributed by atoms with van der Waals surface area (Å²) in [7, 11) is 3.09. The van der Waals surface area contributed by atoms with E-state index in [9.17, 15) is 9.59 Å². The number of aromatic amines is 1. The van der Waals surface area contributed by atoms with Crippen LogP contribution in [-0.4, -0.2) is 37.8 Å². The number of fused-ring (bicyclic) bond motifs is 1. The minimum absolute atomic E-state index is 0.151. The molecule has 128 valence electrons. The molecule has 2 aromatic rings. The summed E-state index contributed by atoms with van der Waals surface area (Å²) in [5.41, 5.74) is 0.871. The highest BCUT2D eigenvalue weighted by Gasteiger charge is 2.23. The van der Waals surface area contributed by atoms with E-state index in [1.807, 2.05) is 0 Å². The molecule has 0 spiro atoms. The van der Waals surface area contributed by atoms with E-state index < -0.39 is 6.10 Å². The minimum atomic E-state index is -0.408. The van der Waals surface area contributed by atoms with Crippen LogP contribution < -0.4 is 20.3 Å². The van der Waals surface area contributed by atoms with Crippen molar-refractivity contribution in [3.8, 4) is 11.5 Å². The number of ether oxygens (including phenoxy) is 3. The Morgan fingerprint density at radius 2 is 2.04 bits per heavy atom. The molecule has 2 N–H and O–H groups in total. The lowest BCUT2D eigenvalue weighted by Gasteiger charge is -2.12. The Balaban J connectivity index is 1.84. The number of hydrogen-bond acceptors (Lipinski definition) is 5. The maximum absolute atomic E-state index is 12.2. The molecular formula is C17H20N2O5. The van der Waals surface area contributed by atoms with Gasteiger partial charge in [0.05, 0.1) is 19.7 Å². The summed E-state index contributed by atoms with van der Waals surface area (Å²) in [6, 6.07) is 5.24. The fourth-order valence-electron chi connectivity index (χ4n) is 2.79. The average molecular weight is 332 g/mol. The van der Waals surface area contributed by atoms with Gasteiger partial charge in [0, 0.05) is 30.2 Å². The Morgan fingerprint density at radius 3 is 2.71 bits per heavy atom. The lowest BCUT2D eigenvalue weighted by atomic mass is 10.1. The number of carbonyl (C=O) groups is 1. The summed E-state index contributed by atoms with van der Waals surface area (Å²) >= 11 is 0. The summed E-state index contributed by atoms with van der Waals surface area (Å²) in [6.45, 7) is 0.759. The van der Waals surface area contributed by atoms with Crippen LogP contribution in [0.3, 0.4) is 0 Å². The summed E-state index contributed by atoms with van der Waals surface area (Å²) in [5, 5.41) is 3.56. The molecule has 1 aromatic carbocycles. The van der Waals surface area contributed by atoms with Crippen molar-refractivity contribution in [2.45, 2.75) is 25.5 Å². The Morgan fingerprint density at radius 1 is 1.29 bits per heavy atom. The van der Waals surface area contributed by atoms with Crippen LogP contribution in [0.2, 0.25) is 0 Å². The van der Waals surface area contributed by atoms with Gasteiger partial charge in [-0.05, 0) is 25.0 Å². The average Bonchev–Trinajstić information content (AvgIpc) is 3.13. The van der Waals surface area contributed by atoms with Crippen LogP contribution in [-0.2, 0) is 16.1 Å². The number of rotatable bonds is 5. The van der Waals surface area contributed by atoms with Crippen molar-refractivity contribution < 1.29 is 19.0 Å². The van der Waals surface area contributed by atoms with Crippen molar-refractivity contribution >= 4 is 16.8 Å². The zero-order valence-electron chi connectivity index (χ0n) is 13.7. The molecule has 1 aliphatic heterocycles. The molecule has 1 amide bonds. The number of amides is 1. The molecule has 1 unspecified atom stereocenters. The van der Waals surface area contributed by atoms with E-state index in [4.69, 9.17) is 14.2 Å². The number of hydrogen-bond donors (Lipinski definition) is 2. The number of H-pyrrole nitrogens is 1. The van der Waals surface area contributed by atoms with Crippen LogP contribution in [0.5, 0.6) is 11.5 Å². The standard InChI is InChI=1S/C17H20N2O5/c1-22-14-7-10-6-11(9-18-17(21)13-4-3-5-24-13)16(20)19-12(10)8-15(14)23-2/h6-8,13H,3-5,9H2,1-2H3,(H,18,21)(H,19,20). The van der Waals surface area contributed by atoms with E-state index >= 15 is 0 Å². The van der Waals surface area contributed by atoms with Gasteiger partial charge in [0.25, 0.3) is 5.56 Å². The fraction of sp³-hybridized carbons (Fsp3) is 0.412. The third-order valence-corrected chi connectivity index (χ3v) is 4.10. The van der Waals surface area contributed by atoms with E-state index in [2.05, 4.69) is 10.3 Å². The third-order valence-electron chi connectivity index (χ3n) is 4.10. The predicted molar refractivity (Wildman–Crippen MR) is 88.5 cm³/mol. The van der Waals surface area contributed by atoms with E-state index in [-0.39, 0.29) is 18.0 Å². The van der Waals surface area contributed by atoms with Crippen molar-refractivity contribution in [3.05, 3.63) is 34.1 Å². The van der Waals surface area contributed by atoms with Gasteiger partial charge in [0.1, 0.15) is 6.10 Å². The Labute approximate surface area is 138 Å². The molecule has 7 nitrogen and oxygen atoms in total. The second-order valence-corrected chi connectivity index (χ2v) is 5.64. The lowest BCUT2D eigenvalue weighted by Crippen LogP contribution is -2.35. The van der Waals surface area contributed by atoms with Gasteiger partial charge in [-0.3, -0.25) is 9.59 Å². The third kappa shape index (κ3) is 3.21. The van der Waals surface area contributed by atoms with Gasteiger partial charge in [0.15, 0.2) is 11.5 Å². The molecular weight excluding hydrogens is 312 g/mol. The molecule has 1 saturated heterocycles. The van der Waals surface area contributed by atoms with Crippen molar-refractivity contribution in [2.75, 3.05) is 20.8 Å². The smallest absolute Gasteiger partial charge is 0.253 e. The quantitative estimate of drug-likeness (QED) is 0.862. The number of benzene rings is 1. The van der Waals surface area contributed by atoms with Crippen molar-refractivity contribution in [2.24, 2.45) is 0 Å². The molecule has 1 aliphatic rings. The van der Waals surface area contributed by atoms with Crippen LogP contribution in [0.4, 0.5) is 0 Å². The van der Waals surface area contributed by atoms with Gasteiger partial charge < -0.3 is 24.5 Å². The Bertz CT molecular complexity index is 808. The highest BCUT2D eigenvalue weighted by molar-refractivity contribution is 5.83. The zero-order valence-corrected chi connectivity index (χ0v) is 13.7. The molecule has 0 saturated carbocycles. The normalized spacial score (nSPS) is 17.0. The van der Waals surface area contributed by atoms with E-state index in [0.29, 0.717) is 29.2 Å². The number of methoxy groups -OCH3 is 2. The van der Waals surface area contributed by atoms with E-state index in [0.717, 1.165) is 18.2 Å². The number of aromatic nitrogens is 1. The first-order chi connectivity index (χ1) is 11.6. The summed E-state index contributed by atoms with van der Waals surface area (Å²) in [5.74, 6) is 0.936. The highest BCUT2D eigenvalue weighted by atomic mass is 16.5. The topological polar surface area (TPSA) is 89.6 Å². The molecule has 0 radical (unpaired) electrons.